The lowest BCUT2D eigenvalue weighted by atomic mass is 9.87. The Morgan fingerprint density at radius 3 is 2.44 bits per heavy atom. The van der Waals surface area contributed by atoms with Gasteiger partial charge in [-0.25, -0.2) is 0 Å². The first-order valence-corrected chi connectivity index (χ1v) is 6.08. The van der Waals surface area contributed by atoms with Gasteiger partial charge in [0.05, 0.1) is 12.0 Å². The number of aliphatic carboxylic acids is 1. The zero-order valence-corrected chi connectivity index (χ0v) is 10.3. The van der Waals surface area contributed by atoms with E-state index in [0.717, 1.165) is 45.3 Å². The van der Waals surface area contributed by atoms with E-state index in [1.807, 2.05) is 0 Å². The van der Waals surface area contributed by atoms with Crippen LogP contribution in [0.15, 0.2) is 0 Å². The molecular weight excluding hydrogens is 206 g/mol. The van der Waals surface area contributed by atoms with Crippen molar-refractivity contribution in [2.45, 2.75) is 38.2 Å². The maximum Gasteiger partial charge on any atom is 0.306 e. The first kappa shape index (κ1) is 13.5. The molecule has 94 valence electrons. The molecule has 0 aromatic heterocycles. The second kappa shape index (κ2) is 6.86. The number of hydrogen-bond donors (Lipinski definition) is 1. The largest absolute Gasteiger partial charge is 0.481 e. The number of hydrogen-bond acceptors (Lipinski definition) is 3. The molecule has 4 nitrogen and oxygen atoms in total. The minimum absolute atomic E-state index is 0.137. The molecule has 1 fully saturated rings. The van der Waals surface area contributed by atoms with Gasteiger partial charge in [0.25, 0.3) is 0 Å². The van der Waals surface area contributed by atoms with E-state index in [0.29, 0.717) is 0 Å². The number of nitrogens with zero attached hydrogens (tertiary/aromatic N) is 1. The summed E-state index contributed by atoms with van der Waals surface area (Å²) < 4.78 is 5.74. The van der Waals surface area contributed by atoms with E-state index in [-0.39, 0.29) is 12.0 Å². The molecule has 0 bridgehead atoms. The summed E-state index contributed by atoms with van der Waals surface area (Å²) in [6, 6.07) is 0. The van der Waals surface area contributed by atoms with Gasteiger partial charge in [-0.3, -0.25) is 4.79 Å². The fraction of sp³-hybridized carbons (Fsp3) is 0.917. The van der Waals surface area contributed by atoms with Crippen LogP contribution in [0.5, 0.6) is 0 Å². The first-order chi connectivity index (χ1) is 7.59. The summed E-state index contributed by atoms with van der Waals surface area (Å²) in [5.41, 5.74) is 0. The number of carbonyl (C=O) groups is 1. The topological polar surface area (TPSA) is 49.8 Å². The first-order valence-electron chi connectivity index (χ1n) is 6.08. The van der Waals surface area contributed by atoms with Crippen LogP contribution in [-0.4, -0.2) is 49.3 Å². The van der Waals surface area contributed by atoms with Crippen molar-refractivity contribution >= 4 is 5.97 Å². The molecule has 0 radical (unpaired) electrons. The van der Waals surface area contributed by atoms with Gasteiger partial charge in [-0.15, -0.1) is 0 Å². The summed E-state index contributed by atoms with van der Waals surface area (Å²) in [4.78, 5) is 12.9. The Morgan fingerprint density at radius 1 is 1.31 bits per heavy atom. The number of ether oxygens (including phenoxy) is 1. The second-order valence-electron chi connectivity index (χ2n) is 4.84. The minimum Gasteiger partial charge on any atom is -0.481 e. The Kier molecular flexibility index (Phi) is 5.77. The van der Waals surface area contributed by atoms with Gasteiger partial charge >= 0.3 is 5.97 Å². The predicted octanol–water partition coefficient (Wildman–Crippen LogP) is 1.60. The molecule has 0 aliphatic heterocycles. The van der Waals surface area contributed by atoms with Gasteiger partial charge in [0, 0.05) is 6.61 Å². The van der Waals surface area contributed by atoms with E-state index in [4.69, 9.17) is 9.84 Å². The molecule has 1 rings (SSSR count). The fourth-order valence-electron chi connectivity index (χ4n) is 2.11. The highest BCUT2D eigenvalue weighted by Crippen LogP contribution is 2.26. The summed E-state index contributed by atoms with van der Waals surface area (Å²) >= 11 is 0. The van der Waals surface area contributed by atoms with Crippen LogP contribution in [0.2, 0.25) is 0 Å². The Morgan fingerprint density at radius 2 is 1.94 bits per heavy atom. The van der Waals surface area contributed by atoms with Crippen LogP contribution in [-0.2, 0) is 9.53 Å². The third-order valence-electron chi connectivity index (χ3n) is 3.13. The third-order valence-corrected chi connectivity index (χ3v) is 3.13. The molecule has 0 aromatic carbocycles. The average Bonchev–Trinajstić information content (AvgIpc) is 2.25. The number of rotatable bonds is 6. The average molecular weight is 229 g/mol. The molecule has 1 N–H and O–H groups in total. The second-order valence-corrected chi connectivity index (χ2v) is 4.84. The summed E-state index contributed by atoms with van der Waals surface area (Å²) in [5.74, 6) is -0.785. The maximum absolute atomic E-state index is 10.8. The number of carboxylic acids is 1. The van der Waals surface area contributed by atoms with E-state index in [1.54, 1.807) is 0 Å². The Bertz CT molecular complexity index is 210. The third kappa shape index (κ3) is 4.94. The molecule has 1 aliphatic rings. The molecule has 4 heteroatoms. The van der Waals surface area contributed by atoms with Crippen LogP contribution in [0.4, 0.5) is 0 Å². The molecule has 1 saturated carbocycles. The van der Waals surface area contributed by atoms with Gasteiger partial charge in [-0.05, 0) is 52.7 Å². The number of carboxylic acid groups (broad SMARTS) is 1. The molecule has 1 aliphatic carbocycles. The highest BCUT2D eigenvalue weighted by Gasteiger charge is 2.25. The lowest BCUT2D eigenvalue weighted by molar-refractivity contribution is -0.143. The van der Waals surface area contributed by atoms with Gasteiger partial charge in [-0.1, -0.05) is 0 Å². The summed E-state index contributed by atoms with van der Waals surface area (Å²) in [5, 5.41) is 8.85. The van der Waals surface area contributed by atoms with E-state index in [1.165, 1.54) is 0 Å². The van der Waals surface area contributed by atoms with Crippen molar-refractivity contribution in [1.29, 1.82) is 0 Å². The van der Waals surface area contributed by atoms with Crippen molar-refractivity contribution in [2.24, 2.45) is 5.92 Å². The van der Waals surface area contributed by atoms with Crippen LogP contribution in [0.25, 0.3) is 0 Å². The summed E-state index contributed by atoms with van der Waals surface area (Å²) in [6.07, 6.45) is 4.68. The molecule has 0 aromatic rings. The highest BCUT2D eigenvalue weighted by molar-refractivity contribution is 5.69. The molecule has 0 unspecified atom stereocenters. The fourth-order valence-corrected chi connectivity index (χ4v) is 2.11. The molecular formula is C12H23NO3. The van der Waals surface area contributed by atoms with Crippen molar-refractivity contribution < 1.29 is 14.6 Å². The molecule has 0 spiro atoms. The molecule has 16 heavy (non-hydrogen) atoms. The molecule has 0 amide bonds. The van der Waals surface area contributed by atoms with Crippen LogP contribution >= 0.6 is 0 Å². The van der Waals surface area contributed by atoms with Gasteiger partial charge in [0.2, 0.25) is 0 Å². The minimum atomic E-state index is -0.647. The Balaban J connectivity index is 2.06. The van der Waals surface area contributed by atoms with Gasteiger partial charge in [0.15, 0.2) is 0 Å². The maximum atomic E-state index is 10.8. The van der Waals surface area contributed by atoms with Crippen molar-refractivity contribution in [1.82, 2.24) is 4.90 Å². The van der Waals surface area contributed by atoms with Crippen molar-refractivity contribution in [2.75, 3.05) is 27.2 Å². The van der Waals surface area contributed by atoms with Gasteiger partial charge in [0.1, 0.15) is 0 Å². The van der Waals surface area contributed by atoms with Crippen LogP contribution < -0.4 is 0 Å². The van der Waals surface area contributed by atoms with E-state index in [9.17, 15) is 4.79 Å². The Labute approximate surface area is 97.6 Å². The summed E-state index contributed by atoms with van der Waals surface area (Å²) in [7, 11) is 4.11. The zero-order chi connectivity index (χ0) is 12.0. The van der Waals surface area contributed by atoms with Gasteiger partial charge in [-0.2, -0.15) is 0 Å². The smallest absolute Gasteiger partial charge is 0.306 e. The van der Waals surface area contributed by atoms with Crippen LogP contribution in [0.1, 0.15) is 32.1 Å². The SMILES string of the molecule is CN(C)CCCOC1CCC(C(=O)O)CC1. The predicted molar refractivity (Wildman–Crippen MR) is 62.5 cm³/mol. The highest BCUT2D eigenvalue weighted by atomic mass is 16.5. The lowest BCUT2D eigenvalue weighted by Crippen LogP contribution is -2.26. The molecule has 0 saturated heterocycles. The normalized spacial score (nSPS) is 25.9. The molecule has 0 heterocycles. The van der Waals surface area contributed by atoms with Crippen molar-refractivity contribution in [3.63, 3.8) is 0 Å². The summed E-state index contributed by atoms with van der Waals surface area (Å²) in [6.45, 7) is 1.84. The van der Waals surface area contributed by atoms with Gasteiger partial charge < -0.3 is 14.7 Å². The van der Waals surface area contributed by atoms with E-state index in [2.05, 4.69) is 19.0 Å². The monoisotopic (exact) mass is 229 g/mol. The van der Waals surface area contributed by atoms with E-state index >= 15 is 0 Å². The quantitative estimate of drug-likeness (QED) is 0.703. The van der Waals surface area contributed by atoms with Crippen molar-refractivity contribution in [3.8, 4) is 0 Å². The van der Waals surface area contributed by atoms with E-state index < -0.39 is 5.97 Å². The lowest BCUT2D eigenvalue weighted by Gasteiger charge is -2.26. The zero-order valence-electron chi connectivity index (χ0n) is 10.3. The molecule has 0 atom stereocenters. The van der Waals surface area contributed by atoms with Crippen molar-refractivity contribution in [3.05, 3.63) is 0 Å². The Hall–Kier alpha value is -0.610. The van der Waals surface area contributed by atoms with Crippen LogP contribution in [0.3, 0.4) is 0 Å². The standard InChI is InChI=1S/C12H23NO3/c1-13(2)8-3-9-16-11-6-4-10(5-7-11)12(14)15/h10-11H,3-9H2,1-2H3,(H,14,15). The van der Waals surface area contributed by atoms with Crippen LogP contribution in [0, 0.1) is 5.92 Å².